The minimum Gasteiger partial charge on any atom is -0.372 e. The van der Waals surface area contributed by atoms with Crippen molar-refractivity contribution in [2.75, 3.05) is 22.7 Å². The summed E-state index contributed by atoms with van der Waals surface area (Å²) in [6.45, 7) is 11.7. The number of rotatable bonds is 6. The maximum Gasteiger partial charge on any atom is 0.262 e. The van der Waals surface area contributed by atoms with E-state index >= 15 is 0 Å². The molecule has 0 bridgehead atoms. The second-order valence-electron chi connectivity index (χ2n) is 6.05. The second-order valence-corrected chi connectivity index (χ2v) is 7.70. The third kappa shape index (κ3) is 3.90. The number of anilines is 2. The standard InChI is InChI=1S/C19H26N2O2S/c1-6-21(7-2)17-10-11-18(16(5)13-17)20-24(22,23)19-12-14(3)8-9-15(19)4/h8-13,20H,6-7H2,1-5H3. The Bertz CT molecular complexity index is 825. The number of sulfonamides is 1. The SMILES string of the molecule is CCN(CC)c1ccc(NS(=O)(=O)c2cc(C)ccc2C)c(C)c1. The predicted octanol–water partition coefficient (Wildman–Crippen LogP) is 4.26. The minimum atomic E-state index is -3.60. The molecule has 0 saturated carbocycles. The van der Waals surface area contributed by atoms with E-state index in [4.69, 9.17) is 0 Å². The fraction of sp³-hybridized carbons (Fsp3) is 0.368. The van der Waals surface area contributed by atoms with Crippen molar-refractivity contribution in [2.24, 2.45) is 0 Å². The van der Waals surface area contributed by atoms with Gasteiger partial charge in [-0.3, -0.25) is 4.72 Å². The summed E-state index contributed by atoms with van der Waals surface area (Å²) in [5, 5.41) is 0. The fourth-order valence-electron chi connectivity index (χ4n) is 2.74. The number of hydrogen-bond donors (Lipinski definition) is 1. The Labute approximate surface area is 145 Å². The van der Waals surface area contributed by atoms with Gasteiger partial charge in [-0.15, -0.1) is 0 Å². The number of nitrogens with zero attached hydrogens (tertiary/aromatic N) is 1. The van der Waals surface area contributed by atoms with Gasteiger partial charge in [0.05, 0.1) is 10.6 Å². The van der Waals surface area contributed by atoms with Crippen LogP contribution in [0.25, 0.3) is 0 Å². The van der Waals surface area contributed by atoms with Crippen LogP contribution in [-0.4, -0.2) is 21.5 Å². The Hall–Kier alpha value is -2.01. The molecule has 0 saturated heterocycles. The van der Waals surface area contributed by atoms with E-state index in [0.717, 1.165) is 35.5 Å². The highest BCUT2D eigenvalue weighted by Crippen LogP contribution is 2.26. The minimum absolute atomic E-state index is 0.328. The molecule has 24 heavy (non-hydrogen) atoms. The second kappa shape index (κ2) is 7.26. The first kappa shape index (κ1) is 18.3. The summed E-state index contributed by atoms with van der Waals surface area (Å²) in [6, 6.07) is 11.3. The molecule has 2 aromatic carbocycles. The van der Waals surface area contributed by atoms with Gasteiger partial charge < -0.3 is 4.90 Å². The maximum atomic E-state index is 12.7. The molecule has 0 amide bonds. The van der Waals surface area contributed by atoms with Crippen LogP contribution in [0.2, 0.25) is 0 Å². The van der Waals surface area contributed by atoms with Crippen LogP contribution in [0, 0.1) is 20.8 Å². The van der Waals surface area contributed by atoms with Gasteiger partial charge in [-0.05, 0) is 75.6 Å². The van der Waals surface area contributed by atoms with Crippen LogP contribution in [0.1, 0.15) is 30.5 Å². The molecule has 0 spiro atoms. The molecule has 0 unspecified atom stereocenters. The van der Waals surface area contributed by atoms with E-state index < -0.39 is 10.0 Å². The van der Waals surface area contributed by atoms with Crippen LogP contribution < -0.4 is 9.62 Å². The van der Waals surface area contributed by atoms with Crippen molar-refractivity contribution in [3.63, 3.8) is 0 Å². The van der Waals surface area contributed by atoms with Crippen LogP contribution in [0.4, 0.5) is 11.4 Å². The van der Waals surface area contributed by atoms with Gasteiger partial charge in [0.2, 0.25) is 0 Å². The average molecular weight is 346 g/mol. The summed E-state index contributed by atoms with van der Waals surface area (Å²) in [7, 11) is -3.60. The zero-order valence-electron chi connectivity index (χ0n) is 15.1. The van der Waals surface area contributed by atoms with E-state index in [-0.39, 0.29) is 0 Å². The zero-order valence-corrected chi connectivity index (χ0v) is 15.9. The molecule has 1 N–H and O–H groups in total. The first-order valence-corrected chi connectivity index (χ1v) is 9.72. The number of hydrogen-bond acceptors (Lipinski definition) is 3. The molecular weight excluding hydrogens is 320 g/mol. The van der Waals surface area contributed by atoms with Crippen molar-refractivity contribution in [3.05, 3.63) is 53.1 Å². The van der Waals surface area contributed by atoms with Crippen molar-refractivity contribution in [3.8, 4) is 0 Å². The van der Waals surface area contributed by atoms with Crippen LogP contribution in [0.15, 0.2) is 41.3 Å². The summed E-state index contributed by atoms with van der Waals surface area (Å²) in [5.74, 6) is 0. The van der Waals surface area contributed by atoms with Crippen LogP contribution in [0.5, 0.6) is 0 Å². The fourth-order valence-corrected chi connectivity index (χ4v) is 4.21. The Balaban J connectivity index is 2.35. The van der Waals surface area contributed by atoms with Crippen LogP contribution in [0.3, 0.4) is 0 Å². The molecule has 2 rings (SSSR count). The zero-order chi connectivity index (χ0) is 17.9. The molecule has 0 aliphatic carbocycles. The molecule has 4 nitrogen and oxygen atoms in total. The lowest BCUT2D eigenvalue weighted by molar-refractivity contribution is 0.600. The Morgan fingerprint density at radius 1 is 0.917 bits per heavy atom. The van der Waals surface area contributed by atoms with E-state index in [0.29, 0.717) is 10.6 Å². The number of aryl methyl sites for hydroxylation is 3. The van der Waals surface area contributed by atoms with Gasteiger partial charge >= 0.3 is 0 Å². The normalized spacial score (nSPS) is 11.4. The van der Waals surface area contributed by atoms with Gasteiger partial charge in [-0.1, -0.05) is 12.1 Å². The number of nitrogens with one attached hydrogen (secondary N) is 1. The highest BCUT2D eigenvalue weighted by molar-refractivity contribution is 7.92. The van der Waals surface area contributed by atoms with E-state index in [1.807, 2.05) is 51.1 Å². The van der Waals surface area contributed by atoms with Gasteiger partial charge in [-0.25, -0.2) is 8.42 Å². The summed E-state index contributed by atoms with van der Waals surface area (Å²) in [5.41, 5.74) is 4.30. The van der Waals surface area contributed by atoms with Crippen LogP contribution in [-0.2, 0) is 10.0 Å². The molecule has 2 aromatic rings. The van der Waals surface area contributed by atoms with E-state index in [1.54, 1.807) is 6.07 Å². The largest absolute Gasteiger partial charge is 0.372 e. The van der Waals surface area contributed by atoms with Crippen molar-refractivity contribution >= 4 is 21.4 Å². The van der Waals surface area contributed by atoms with Crippen molar-refractivity contribution < 1.29 is 8.42 Å². The molecule has 5 heteroatoms. The molecule has 0 aliphatic heterocycles. The molecule has 0 atom stereocenters. The Kier molecular flexibility index (Phi) is 5.54. The van der Waals surface area contributed by atoms with Crippen molar-refractivity contribution in [2.45, 2.75) is 39.5 Å². The first-order valence-electron chi connectivity index (χ1n) is 8.24. The summed E-state index contributed by atoms with van der Waals surface area (Å²) in [4.78, 5) is 2.56. The first-order chi connectivity index (χ1) is 11.3. The Morgan fingerprint density at radius 2 is 1.58 bits per heavy atom. The third-order valence-electron chi connectivity index (χ3n) is 4.22. The third-order valence-corrected chi connectivity index (χ3v) is 5.72. The summed E-state index contributed by atoms with van der Waals surface area (Å²) >= 11 is 0. The van der Waals surface area contributed by atoms with E-state index in [1.165, 1.54) is 0 Å². The van der Waals surface area contributed by atoms with Gasteiger partial charge in [0, 0.05) is 18.8 Å². The van der Waals surface area contributed by atoms with Gasteiger partial charge in [0.1, 0.15) is 0 Å². The Morgan fingerprint density at radius 3 is 2.17 bits per heavy atom. The van der Waals surface area contributed by atoms with Gasteiger partial charge in [0.15, 0.2) is 0 Å². The van der Waals surface area contributed by atoms with Gasteiger partial charge in [0.25, 0.3) is 10.0 Å². The lowest BCUT2D eigenvalue weighted by atomic mass is 10.1. The van der Waals surface area contributed by atoms with Crippen molar-refractivity contribution in [1.82, 2.24) is 0 Å². The lowest BCUT2D eigenvalue weighted by Gasteiger charge is -2.22. The van der Waals surface area contributed by atoms with E-state index in [9.17, 15) is 8.42 Å². The van der Waals surface area contributed by atoms with Crippen molar-refractivity contribution in [1.29, 1.82) is 0 Å². The highest BCUT2D eigenvalue weighted by Gasteiger charge is 2.18. The molecule has 0 aromatic heterocycles. The predicted molar refractivity (Wildman–Crippen MR) is 101 cm³/mol. The molecular formula is C19H26N2O2S. The molecule has 0 fully saturated rings. The smallest absolute Gasteiger partial charge is 0.262 e. The number of benzene rings is 2. The lowest BCUT2D eigenvalue weighted by Crippen LogP contribution is -2.22. The summed E-state index contributed by atoms with van der Waals surface area (Å²) in [6.07, 6.45) is 0. The monoisotopic (exact) mass is 346 g/mol. The summed E-state index contributed by atoms with van der Waals surface area (Å²) < 4.78 is 28.2. The maximum absolute atomic E-state index is 12.7. The van der Waals surface area contributed by atoms with Crippen LogP contribution >= 0.6 is 0 Å². The van der Waals surface area contributed by atoms with E-state index in [2.05, 4.69) is 23.5 Å². The average Bonchev–Trinajstić information content (AvgIpc) is 2.53. The topological polar surface area (TPSA) is 49.4 Å². The molecule has 0 heterocycles. The molecule has 0 aliphatic rings. The molecule has 0 radical (unpaired) electrons. The highest BCUT2D eigenvalue weighted by atomic mass is 32.2. The van der Waals surface area contributed by atoms with Gasteiger partial charge in [-0.2, -0.15) is 0 Å². The quantitative estimate of drug-likeness (QED) is 0.850. The molecule has 130 valence electrons.